The number of primary amides is 1. The highest BCUT2D eigenvalue weighted by Crippen LogP contribution is 2.20. The van der Waals surface area contributed by atoms with Crippen LogP contribution in [0.3, 0.4) is 0 Å². The summed E-state index contributed by atoms with van der Waals surface area (Å²) in [5, 5.41) is 4.10. The summed E-state index contributed by atoms with van der Waals surface area (Å²) in [5.41, 5.74) is 8.76. The van der Waals surface area contributed by atoms with Gasteiger partial charge in [0.25, 0.3) is 0 Å². The summed E-state index contributed by atoms with van der Waals surface area (Å²) in [6.45, 7) is 0. The molecule has 0 spiro atoms. The minimum atomic E-state index is -0.921. The van der Waals surface area contributed by atoms with Crippen molar-refractivity contribution in [3.63, 3.8) is 0 Å². The second-order valence-electron chi connectivity index (χ2n) is 4.68. The minimum Gasteiger partial charge on any atom is -0.399 e. The van der Waals surface area contributed by atoms with E-state index in [1.807, 2.05) is 42.5 Å². The molecule has 0 bridgehead atoms. The van der Waals surface area contributed by atoms with E-state index in [2.05, 4.69) is 15.1 Å². The molecule has 3 N–H and O–H groups in total. The maximum absolute atomic E-state index is 10.8. The molecule has 7 heteroatoms. The highest BCUT2D eigenvalue weighted by atomic mass is 16.6. The predicted octanol–water partition coefficient (Wildman–Crippen LogP) is 2.42. The largest absolute Gasteiger partial charge is 0.412 e. The molecule has 0 aliphatic rings. The monoisotopic (exact) mass is 310 g/mol. The van der Waals surface area contributed by atoms with Crippen molar-refractivity contribution in [2.45, 2.75) is 0 Å². The molecule has 1 amide bonds. The van der Waals surface area contributed by atoms with E-state index in [9.17, 15) is 4.79 Å². The quantitative estimate of drug-likeness (QED) is 0.570. The molecule has 0 atom stereocenters. The summed E-state index contributed by atoms with van der Waals surface area (Å²) in [6, 6.07) is 15.2. The molecule has 1 aromatic heterocycles. The maximum Gasteiger partial charge on any atom is 0.412 e. The Balaban J connectivity index is 2.04. The number of carbonyl (C=O) groups excluding carboxylic acids is 1. The Morgan fingerprint density at radius 3 is 2.65 bits per heavy atom. The van der Waals surface area contributed by atoms with Gasteiger partial charge < -0.3 is 20.3 Å². The van der Waals surface area contributed by atoms with Crippen LogP contribution in [0.5, 0.6) is 6.01 Å². The van der Waals surface area contributed by atoms with E-state index in [0.29, 0.717) is 16.7 Å². The van der Waals surface area contributed by atoms with Crippen molar-refractivity contribution >= 4 is 22.8 Å². The van der Waals surface area contributed by atoms with E-state index < -0.39 is 6.09 Å². The van der Waals surface area contributed by atoms with Gasteiger partial charge in [0, 0.05) is 11.1 Å². The van der Waals surface area contributed by atoms with Gasteiger partial charge in [-0.1, -0.05) is 41.6 Å². The summed E-state index contributed by atoms with van der Waals surface area (Å²) in [4.78, 5) is 22.8. The number of rotatable bonds is 4. The van der Waals surface area contributed by atoms with Crippen LogP contribution in [0.15, 0.2) is 53.7 Å². The fourth-order valence-electron chi connectivity index (χ4n) is 2.24. The number of carbonyl (C=O) groups is 1. The van der Waals surface area contributed by atoms with Crippen LogP contribution >= 0.6 is 0 Å². The van der Waals surface area contributed by atoms with Gasteiger partial charge in [-0.05, 0) is 12.1 Å². The van der Waals surface area contributed by atoms with Crippen molar-refractivity contribution in [2.75, 3.05) is 7.11 Å². The molecule has 0 radical (unpaired) electrons. The van der Waals surface area contributed by atoms with Gasteiger partial charge in [0.1, 0.15) is 12.8 Å². The fourth-order valence-corrected chi connectivity index (χ4v) is 2.24. The van der Waals surface area contributed by atoms with Crippen LogP contribution in [-0.4, -0.2) is 28.9 Å². The van der Waals surface area contributed by atoms with Gasteiger partial charge in [-0.25, -0.2) is 4.79 Å². The molecule has 116 valence electrons. The second-order valence-corrected chi connectivity index (χ2v) is 4.68. The van der Waals surface area contributed by atoms with E-state index in [1.165, 1.54) is 7.11 Å². The van der Waals surface area contributed by atoms with Gasteiger partial charge in [-0.3, -0.25) is 0 Å². The molecule has 1 heterocycles. The Bertz CT molecular complexity index is 871. The number of fused-ring (bicyclic) bond motifs is 1. The molecule has 0 saturated carbocycles. The zero-order chi connectivity index (χ0) is 16.2. The number of nitrogens with zero attached hydrogens (tertiary/aromatic N) is 2. The fraction of sp³-hybridized carbons (Fsp3) is 0.0625. The lowest BCUT2D eigenvalue weighted by atomic mass is 10.0. The van der Waals surface area contributed by atoms with E-state index in [1.54, 1.807) is 6.07 Å². The molecule has 0 aliphatic heterocycles. The standard InChI is InChI=1S/C16H14N4O3/c1-22-20-14(10-5-3-2-4-6-10)11-7-8-12-13(9-11)19-16(18-12)23-15(17)21/h2-9H,1H3,(H2,17,21)(H,18,19). The van der Waals surface area contributed by atoms with Gasteiger partial charge in [-0.15, -0.1) is 0 Å². The first-order valence-electron chi connectivity index (χ1n) is 6.81. The smallest absolute Gasteiger partial charge is 0.399 e. The normalized spacial score (nSPS) is 11.4. The zero-order valence-corrected chi connectivity index (χ0v) is 12.3. The van der Waals surface area contributed by atoms with E-state index in [0.717, 1.165) is 11.1 Å². The number of hydrogen-bond acceptors (Lipinski definition) is 5. The summed E-state index contributed by atoms with van der Waals surface area (Å²) in [6.07, 6.45) is -0.921. The number of ether oxygens (including phenoxy) is 1. The highest BCUT2D eigenvalue weighted by Gasteiger charge is 2.11. The first kappa shape index (κ1) is 14.6. The number of aromatic amines is 1. The zero-order valence-electron chi connectivity index (χ0n) is 12.3. The lowest BCUT2D eigenvalue weighted by Crippen LogP contribution is -2.16. The predicted molar refractivity (Wildman–Crippen MR) is 85.4 cm³/mol. The van der Waals surface area contributed by atoms with E-state index in [-0.39, 0.29) is 6.01 Å². The molecule has 23 heavy (non-hydrogen) atoms. The van der Waals surface area contributed by atoms with Crippen molar-refractivity contribution < 1.29 is 14.4 Å². The van der Waals surface area contributed by atoms with Crippen molar-refractivity contribution in [3.8, 4) is 6.01 Å². The number of hydrogen-bond donors (Lipinski definition) is 2. The third-order valence-electron chi connectivity index (χ3n) is 3.16. The summed E-state index contributed by atoms with van der Waals surface area (Å²) in [5.74, 6) is 0. The average Bonchev–Trinajstić information content (AvgIpc) is 2.93. The number of imidazole rings is 1. The first-order valence-corrected chi connectivity index (χ1v) is 6.81. The third kappa shape index (κ3) is 3.13. The molecule has 0 fully saturated rings. The van der Waals surface area contributed by atoms with Gasteiger partial charge >= 0.3 is 12.1 Å². The topological polar surface area (TPSA) is 103 Å². The second kappa shape index (κ2) is 6.18. The SMILES string of the molecule is CON=C(c1ccccc1)c1ccc2nc(OC(N)=O)[nH]c2c1. The van der Waals surface area contributed by atoms with Gasteiger partial charge in [-0.2, -0.15) is 4.98 Å². The third-order valence-corrected chi connectivity index (χ3v) is 3.16. The van der Waals surface area contributed by atoms with Crippen molar-refractivity contribution in [1.29, 1.82) is 0 Å². The molecule has 3 rings (SSSR count). The maximum atomic E-state index is 10.8. The van der Waals surface area contributed by atoms with Crippen LogP contribution < -0.4 is 10.5 Å². The van der Waals surface area contributed by atoms with E-state index in [4.69, 9.17) is 15.3 Å². The number of H-pyrrole nitrogens is 1. The molecular weight excluding hydrogens is 296 g/mol. The lowest BCUT2D eigenvalue weighted by molar-refractivity contribution is 0.207. The number of benzene rings is 2. The molecule has 7 nitrogen and oxygen atoms in total. The summed E-state index contributed by atoms with van der Waals surface area (Å²) < 4.78 is 4.75. The molecule has 0 unspecified atom stereocenters. The molecule has 3 aromatic rings. The number of aromatic nitrogens is 2. The van der Waals surface area contributed by atoms with Crippen LogP contribution in [-0.2, 0) is 4.84 Å². The summed E-state index contributed by atoms with van der Waals surface area (Å²) in [7, 11) is 1.50. The molecule has 2 aromatic carbocycles. The Morgan fingerprint density at radius 2 is 1.96 bits per heavy atom. The van der Waals surface area contributed by atoms with Crippen molar-refractivity contribution in [3.05, 3.63) is 59.7 Å². The number of oxime groups is 1. The van der Waals surface area contributed by atoms with Gasteiger partial charge in [0.05, 0.1) is 11.0 Å². The van der Waals surface area contributed by atoms with Crippen LogP contribution in [0.2, 0.25) is 0 Å². The van der Waals surface area contributed by atoms with Crippen molar-refractivity contribution in [2.24, 2.45) is 10.9 Å². The van der Waals surface area contributed by atoms with Crippen molar-refractivity contribution in [1.82, 2.24) is 9.97 Å². The molecule has 0 aliphatic carbocycles. The van der Waals surface area contributed by atoms with Crippen LogP contribution in [0.1, 0.15) is 11.1 Å². The Labute approximate surface area is 131 Å². The van der Waals surface area contributed by atoms with Crippen LogP contribution in [0, 0.1) is 0 Å². The van der Waals surface area contributed by atoms with Gasteiger partial charge in [0.2, 0.25) is 0 Å². The number of amides is 1. The Morgan fingerprint density at radius 1 is 1.17 bits per heavy atom. The number of nitrogens with two attached hydrogens (primary N) is 1. The molecular formula is C16H14N4O3. The number of nitrogens with one attached hydrogen (secondary N) is 1. The van der Waals surface area contributed by atoms with Crippen LogP contribution in [0.4, 0.5) is 4.79 Å². The molecule has 0 saturated heterocycles. The lowest BCUT2D eigenvalue weighted by Gasteiger charge is -2.06. The minimum absolute atomic E-state index is 0.0505. The highest BCUT2D eigenvalue weighted by molar-refractivity contribution is 6.13. The average molecular weight is 310 g/mol. The van der Waals surface area contributed by atoms with Gasteiger partial charge in [0.15, 0.2) is 0 Å². The summed E-state index contributed by atoms with van der Waals surface area (Å²) >= 11 is 0. The van der Waals surface area contributed by atoms with E-state index >= 15 is 0 Å². The first-order chi connectivity index (χ1) is 11.2. The Kier molecular flexibility index (Phi) is 3.92. The van der Waals surface area contributed by atoms with Crippen LogP contribution in [0.25, 0.3) is 11.0 Å². The Hall–Kier alpha value is -3.35.